The van der Waals surface area contributed by atoms with E-state index >= 15 is 0 Å². The molecule has 2 N–H and O–H groups in total. The van der Waals surface area contributed by atoms with E-state index in [0.29, 0.717) is 12.3 Å². The third-order valence-corrected chi connectivity index (χ3v) is 4.01. The number of amides is 1. The summed E-state index contributed by atoms with van der Waals surface area (Å²) in [5.41, 5.74) is 2.76. The van der Waals surface area contributed by atoms with Gasteiger partial charge in [-0.1, -0.05) is 0 Å². The smallest absolute Gasteiger partial charge is 0.224 e. The van der Waals surface area contributed by atoms with E-state index in [9.17, 15) is 4.79 Å². The fourth-order valence-corrected chi connectivity index (χ4v) is 2.66. The van der Waals surface area contributed by atoms with Gasteiger partial charge in [0.25, 0.3) is 0 Å². The van der Waals surface area contributed by atoms with Crippen molar-refractivity contribution in [3.05, 3.63) is 11.4 Å². The third kappa shape index (κ3) is 3.56. The Morgan fingerprint density at radius 1 is 1.42 bits per heavy atom. The second kappa shape index (κ2) is 6.19. The summed E-state index contributed by atoms with van der Waals surface area (Å²) in [6.45, 7) is 6.08. The number of nitrogens with zero attached hydrogens (tertiary/aromatic N) is 2. The SMILES string of the molecule is Cc1nn(C)c(C)c1NC(=O)CCC1CCNCC1. The van der Waals surface area contributed by atoms with Crippen molar-refractivity contribution in [2.24, 2.45) is 13.0 Å². The second-order valence-electron chi connectivity index (χ2n) is 5.45. The summed E-state index contributed by atoms with van der Waals surface area (Å²) in [7, 11) is 1.90. The molecule has 0 saturated carbocycles. The number of carbonyl (C=O) groups excluding carboxylic acids is 1. The number of hydrogen-bond acceptors (Lipinski definition) is 3. The van der Waals surface area contributed by atoms with Crippen LogP contribution in [0, 0.1) is 19.8 Å². The average molecular weight is 264 g/mol. The number of hydrogen-bond donors (Lipinski definition) is 2. The lowest BCUT2D eigenvalue weighted by Crippen LogP contribution is -2.28. The molecule has 0 aromatic carbocycles. The van der Waals surface area contributed by atoms with Gasteiger partial charge in [-0.05, 0) is 52.1 Å². The number of aromatic nitrogens is 2. The average Bonchev–Trinajstić information content (AvgIpc) is 2.64. The molecule has 2 rings (SSSR count). The van der Waals surface area contributed by atoms with E-state index in [-0.39, 0.29) is 5.91 Å². The van der Waals surface area contributed by atoms with Crippen molar-refractivity contribution in [1.82, 2.24) is 15.1 Å². The van der Waals surface area contributed by atoms with Crippen LogP contribution in [0.2, 0.25) is 0 Å². The van der Waals surface area contributed by atoms with E-state index in [1.165, 1.54) is 12.8 Å². The van der Waals surface area contributed by atoms with Gasteiger partial charge in [0, 0.05) is 13.5 Å². The fraction of sp³-hybridized carbons (Fsp3) is 0.714. The minimum atomic E-state index is 0.109. The number of anilines is 1. The molecule has 1 saturated heterocycles. The van der Waals surface area contributed by atoms with Crippen LogP contribution in [0.5, 0.6) is 0 Å². The van der Waals surface area contributed by atoms with E-state index in [0.717, 1.165) is 36.6 Å². The van der Waals surface area contributed by atoms with Gasteiger partial charge in [0.15, 0.2) is 0 Å². The maximum Gasteiger partial charge on any atom is 0.224 e. The quantitative estimate of drug-likeness (QED) is 0.871. The summed E-state index contributed by atoms with van der Waals surface area (Å²) >= 11 is 0. The Labute approximate surface area is 114 Å². The summed E-state index contributed by atoms with van der Waals surface area (Å²) in [6.07, 6.45) is 3.99. The minimum Gasteiger partial charge on any atom is -0.323 e. The first-order valence-electron chi connectivity index (χ1n) is 7.08. The van der Waals surface area contributed by atoms with Gasteiger partial charge >= 0.3 is 0 Å². The number of aryl methyl sites for hydroxylation is 2. The highest BCUT2D eigenvalue weighted by Crippen LogP contribution is 2.21. The highest BCUT2D eigenvalue weighted by Gasteiger charge is 2.16. The van der Waals surface area contributed by atoms with Gasteiger partial charge in [0.2, 0.25) is 5.91 Å². The Morgan fingerprint density at radius 3 is 2.68 bits per heavy atom. The van der Waals surface area contributed by atoms with E-state index in [1.807, 2.05) is 20.9 Å². The van der Waals surface area contributed by atoms with Gasteiger partial charge in [-0.15, -0.1) is 0 Å². The molecule has 5 nitrogen and oxygen atoms in total. The first kappa shape index (κ1) is 14.1. The monoisotopic (exact) mass is 264 g/mol. The van der Waals surface area contributed by atoms with Crippen molar-refractivity contribution in [3.8, 4) is 0 Å². The number of piperidine rings is 1. The maximum absolute atomic E-state index is 12.0. The van der Waals surface area contributed by atoms with Crippen molar-refractivity contribution in [2.45, 2.75) is 39.5 Å². The summed E-state index contributed by atoms with van der Waals surface area (Å²) in [5.74, 6) is 0.806. The number of carbonyl (C=O) groups is 1. The normalized spacial score (nSPS) is 16.6. The first-order chi connectivity index (χ1) is 9.08. The molecule has 1 aromatic rings. The Balaban J connectivity index is 1.83. The van der Waals surface area contributed by atoms with Crippen molar-refractivity contribution in [2.75, 3.05) is 18.4 Å². The second-order valence-corrected chi connectivity index (χ2v) is 5.45. The maximum atomic E-state index is 12.0. The Bertz CT molecular complexity index is 447. The molecule has 106 valence electrons. The number of nitrogens with one attached hydrogen (secondary N) is 2. The topological polar surface area (TPSA) is 59.0 Å². The highest BCUT2D eigenvalue weighted by atomic mass is 16.1. The van der Waals surface area contributed by atoms with Crippen LogP contribution in [0.4, 0.5) is 5.69 Å². The molecule has 0 aliphatic carbocycles. The molecule has 2 heterocycles. The van der Waals surface area contributed by atoms with E-state index < -0.39 is 0 Å². The van der Waals surface area contributed by atoms with Crippen molar-refractivity contribution in [3.63, 3.8) is 0 Å². The molecule has 0 spiro atoms. The van der Waals surface area contributed by atoms with Crippen molar-refractivity contribution in [1.29, 1.82) is 0 Å². The van der Waals surface area contributed by atoms with Crippen LogP contribution in [0.3, 0.4) is 0 Å². The Kier molecular flexibility index (Phi) is 4.58. The third-order valence-electron chi connectivity index (χ3n) is 4.01. The molecule has 5 heteroatoms. The van der Waals surface area contributed by atoms with Crippen LogP contribution < -0.4 is 10.6 Å². The van der Waals surface area contributed by atoms with Gasteiger partial charge in [-0.3, -0.25) is 9.48 Å². The molecular weight excluding hydrogens is 240 g/mol. The Morgan fingerprint density at radius 2 is 2.11 bits per heavy atom. The zero-order valence-electron chi connectivity index (χ0n) is 12.1. The molecule has 1 fully saturated rings. The minimum absolute atomic E-state index is 0.109. The van der Waals surface area contributed by atoms with Gasteiger partial charge in [-0.25, -0.2) is 0 Å². The van der Waals surface area contributed by atoms with Crippen LogP contribution in [0.25, 0.3) is 0 Å². The molecule has 0 unspecified atom stereocenters. The predicted octanol–water partition coefficient (Wildman–Crippen LogP) is 1.76. The van der Waals surface area contributed by atoms with Crippen LogP contribution in [0.15, 0.2) is 0 Å². The molecule has 0 atom stereocenters. The summed E-state index contributed by atoms with van der Waals surface area (Å²) < 4.78 is 1.80. The molecule has 1 aliphatic rings. The van der Waals surface area contributed by atoms with Crippen LogP contribution >= 0.6 is 0 Å². The van der Waals surface area contributed by atoms with E-state index in [2.05, 4.69) is 15.7 Å². The predicted molar refractivity (Wildman–Crippen MR) is 76.1 cm³/mol. The molecule has 1 amide bonds. The zero-order chi connectivity index (χ0) is 13.8. The van der Waals surface area contributed by atoms with Gasteiger partial charge < -0.3 is 10.6 Å². The Hall–Kier alpha value is -1.36. The largest absolute Gasteiger partial charge is 0.323 e. The highest BCUT2D eigenvalue weighted by molar-refractivity contribution is 5.91. The fourth-order valence-electron chi connectivity index (χ4n) is 2.66. The summed E-state index contributed by atoms with van der Waals surface area (Å²) in [6, 6.07) is 0. The first-order valence-corrected chi connectivity index (χ1v) is 7.08. The lowest BCUT2D eigenvalue weighted by Gasteiger charge is -2.22. The molecule has 1 aliphatic heterocycles. The standard InChI is InChI=1S/C14H24N4O/c1-10-14(11(2)18(3)17-10)16-13(19)5-4-12-6-8-15-9-7-12/h12,15H,4-9H2,1-3H3,(H,16,19). The molecular formula is C14H24N4O. The lowest BCUT2D eigenvalue weighted by atomic mass is 9.93. The number of rotatable bonds is 4. The van der Waals surface area contributed by atoms with Crippen LogP contribution in [-0.4, -0.2) is 28.8 Å². The molecule has 0 bridgehead atoms. The van der Waals surface area contributed by atoms with E-state index in [1.54, 1.807) is 4.68 Å². The van der Waals surface area contributed by atoms with Crippen LogP contribution in [-0.2, 0) is 11.8 Å². The summed E-state index contributed by atoms with van der Waals surface area (Å²) in [4.78, 5) is 12.0. The van der Waals surface area contributed by atoms with Gasteiger partial charge in [-0.2, -0.15) is 5.10 Å². The van der Waals surface area contributed by atoms with Gasteiger partial charge in [0.05, 0.1) is 17.1 Å². The molecule has 19 heavy (non-hydrogen) atoms. The van der Waals surface area contributed by atoms with Gasteiger partial charge in [0.1, 0.15) is 0 Å². The summed E-state index contributed by atoms with van der Waals surface area (Å²) in [5, 5.41) is 10.7. The molecule has 0 radical (unpaired) electrons. The van der Waals surface area contributed by atoms with Crippen molar-refractivity contribution < 1.29 is 4.79 Å². The lowest BCUT2D eigenvalue weighted by molar-refractivity contribution is -0.116. The van der Waals surface area contributed by atoms with E-state index in [4.69, 9.17) is 0 Å². The zero-order valence-corrected chi connectivity index (χ0v) is 12.1. The molecule has 1 aromatic heterocycles. The van der Waals surface area contributed by atoms with Crippen LogP contribution in [0.1, 0.15) is 37.1 Å². The van der Waals surface area contributed by atoms with Crippen molar-refractivity contribution >= 4 is 11.6 Å².